The van der Waals surface area contributed by atoms with E-state index in [0.717, 1.165) is 31.8 Å². The molecule has 33 heavy (non-hydrogen) atoms. The van der Waals surface area contributed by atoms with Crippen LogP contribution in [0.4, 0.5) is 0 Å². The van der Waals surface area contributed by atoms with Crippen LogP contribution in [0.1, 0.15) is 22.3 Å². The second-order valence-corrected chi connectivity index (χ2v) is 12.1. The first kappa shape index (κ1) is 24.9. The smallest absolute Gasteiger partial charge is 0.0992 e. The number of halogens is 4. The van der Waals surface area contributed by atoms with Gasteiger partial charge >= 0.3 is 0 Å². The van der Waals surface area contributed by atoms with Gasteiger partial charge in [-0.2, -0.15) is 10.5 Å². The van der Waals surface area contributed by atoms with E-state index in [-0.39, 0.29) is 0 Å². The Balaban J connectivity index is 1.55. The monoisotopic (exact) mass is 874 g/mol. The Labute approximate surface area is 248 Å². The molecule has 160 valence electrons. The van der Waals surface area contributed by atoms with Gasteiger partial charge < -0.3 is 0 Å². The van der Waals surface area contributed by atoms with Crippen LogP contribution in [0.3, 0.4) is 0 Å². The van der Waals surface area contributed by atoms with Crippen molar-refractivity contribution in [2.45, 2.75) is 6.42 Å². The van der Waals surface area contributed by atoms with Gasteiger partial charge in [-0.1, -0.05) is 48.5 Å². The number of nitrogens with zero attached hydrogens (tertiary/aromatic N) is 2. The quantitative estimate of drug-likeness (QED) is 0.193. The second-order valence-electron chi connectivity index (χ2n) is 7.42. The molecule has 0 atom stereocenters. The van der Waals surface area contributed by atoms with E-state index >= 15 is 0 Å². The van der Waals surface area contributed by atoms with Gasteiger partial charge in [-0.05, 0) is 143 Å². The molecule has 0 N–H and O–H groups in total. The van der Waals surface area contributed by atoms with Crippen LogP contribution in [0.5, 0.6) is 0 Å². The average molecular weight is 874 g/mol. The van der Waals surface area contributed by atoms with Gasteiger partial charge in [0.1, 0.15) is 0 Å². The SMILES string of the molecule is N#Cc1cc(I)c(-c2ccc(Cc3ccc(-c4c(I)cc(C#N)cc4I)cc3)cc2)c(I)c1. The molecule has 4 rings (SSSR count). The first-order valence-electron chi connectivity index (χ1n) is 9.86. The first-order chi connectivity index (χ1) is 15.9. The Morgan fingerprint density at radius 2 is 0.818 bits per heavy atom. The van der Waals surface area contributed by atoms with E-state index in [1.165, 1.54) is 22.3 Å². The van der Waals surface area contributed by atoms with Crippen molar-refractivity contribution in [1.29, 1.82) is 10.5 Å². The van der Waals surface area contributed by atoms with Crippen molar-refractivity contribution in [2.75, 3.05) is 0 Å². The maximum atomic E-state index is 9.19. The molecule has 4 aromatic rings. The molecular formula is C27H14I4N2. The minimum absolute atomic E-state index is 0.693. The fourth-order valence-electron chi connectivity index (χ4n) is 3.64. The fourth-order valence-corrected chi connectivity index (χ4v) is 8.42. The minimum Gasteiger partial charge on any atom is -0.192 e. The molecule has 0 aliphatic rings. The van der Waals surface area contributed by atoms with Gasteiger partial charge in [0.05, 0.1) is 23.3 Å². The lowest BCUT2D eigenvalue weighted by molar-refractivity contribution is 1.19. The molecule has 0 aliphatic carbocycles. The molecule has 4 aromatic carbocycles. The molecule has 0 radical (unpaired) electrons. The molecule has 0 saturated heterocycles. The van der Waals surface area contributed by atoms with Crippen LogP contribution in [0.2, 0.25) is 0 Å². The Bertz CT molecular complexity index is 1270. The predicted molar refractivity (Wildman–Crippen MR) is 167 cm³/mol. The molecule has 0 aromatic heterocycles. The number of nitriles is 2. The standard InChI is InChI=1S/C27H14I4N2/c28-22-10-18(14-32)11-23(29)26(22)20-5-1-16(2-6-20)9-17-3-7-21(8-4-17)27-24(30)12-19(15-33)13-25(27)31/h1-8,10-13H,9H2. The Morgan fingerprint density at radius 3 is 1.09 bits per heavy atom. The highest BCUT2D eigenvalue weighted by Gasteiger charge is 2.12. The molecule has 0 fully saturated rings. The normalized spacial score (nSPS) is 10.5. The van der Waals surface area contributed by atoms with Crippen LogP contribution in [0.25, 0.3) is 22.3 Å². The van der Waals surface area contributed by atoms with Crippen LogP contribution < -0.4 is 0 Å². The molecule has 2 nitrogen and oxygen atoms in total. The topological polar surface area (TPSA) is 47.6 Å². The van der Waals surface area contributed by atoms with Crippen LogP contribution >= 0.6 is 90.4 Å². The summed E-state index contributed by atoms with van der Waals surface area (Å²) in [6, 6.07) is 29.6. The Morgan fingerprint density at radius 1 is 0.515 bits per heavy atom. The lowest BCUT2D eigenvalue weighted by Crippen LogP contribution is -1.93. The summed E-state index contributed by atoms with van der Waals surface area (Å²) in [6.07, 6.45) is 0.865. The summed E-state index contributed by atoms with van der Waals surface area (Å²) < 4.78 is 4.36. The zero-order chi connectivity index (χ0) is 23.5. The third-order valence-corrected chi connectivity index (χ3v) is 8.64. The van der Waals surface area contributed by atoms with Crippen LogP contribution in [-0.4, -0.2) is 0 Å². The molecular weight excluding hydrogens is 860 g/mol. The van der Waals surface area contributed by atoms with Gasteiger partial charge in [0.15, 0.2) is 0 Å². The summed E-state index contributed by atoms with van der Waals surface area (Å²) in [5.74, 6) is 0. The van der Waals surface area contributed by atoms with Gasteiger partial charge in [-0.15, -0.1) is 0 Å². The van der Waals surface area contributed by atoms with Gasteiger partial charge in [0.2, 0.25) is 0 Å². The minimum atomic E-state index is 0.693. The van der Waals surface area contributed by atoms with E-state index in [2.05, 4.69) is 151 Å². The lowest BCUT2D eigenvalue weighted by Gasteiger charge is -2.11. The zero-order valence-electron chi connectivity index (χ0n) is 17.0. The maximum Gasteiger partial charge on any atom is 0.0992 e. The summed E-state index contributed by atoms with van der Waals surface area (Å²) >= 11 is 9.24. The molecule has 0 bridgehead atoms. The Hall–Kier alpha value is -1.22. The van der Waals surface area contributed by atoms with Crippen LogP contribution in [0, 0.1) is 36.9 Å². The highest BCUT2D eigenvalue weighted by molar-refractivity contribution is 14.1. The molecule has 0 saturated carbocycles. The maximum absolute atomic E-state index is 9.19. The summed E-state index contributed by atoms with van der Waals surface area (Å²) in [7, 11) is 0. The molecule has 0 unspecified atom stereocenters. The molecule has 6 heteroatoms. The van der Waals surface area contributed by atoms with E-state index < -0.39 is 0 Å². The molecule has 0 spiro atoms. The summed E-state index contributed by atoms with van der Waals surface area (Å²) in [6.45, 7) is 0. The van der Waals surface area contributed by atoms with E-state index in [4.69, 9.17) is 0 Å². The average Bonchev–Trinajstić information content (AvgIpc) is 2.80. The van der Waals surface area contributed by atoms with Crippen molar-refractivity contribution in [1.82, 2.24) is 0 Å². The number of benzene rings is 4. The van der Waals surface area contributed by atoms with Crippen molar-refractivity contribution < 1.29 is 0 Å². The van der Waals surface area contributed by atoms with Crippen molar-refractivity contribution in [3.63, 3.8) is 0 Å². The van der Waals surface area contributed by atoms with Gasteiger partial charge in [0.25, 0.3) is 0 Å². The first-order valence-corrected chi connectivity index (χ1v) is 14.2. The van der Waals surface area contributed by atoms with Crippen molar-refractivity contribution in [2.24, 2.45) is 0 Å². The van der Waals surface area contributed by atoms with Crippen LogP contribution in [-0.2, 0) is 6.42 Å². The Kier molecular flexibility index (Phi) is 8.31. The summed E-state index contributed by atoms with van der Waals surface area (Å²) in [5.41, 5.74) is 8.58. The molecule has 0 amide bonds. The number of hydrogen-bond donors (Lipinski definition) is 0. The van der Waals surface area contributed by atoms with Gasteiger partial charge in [0, 0.05) is 25.4 Å². The largest absolute Gasteiger partial charge is 0.192 e. The van der Waals surface area contributed by atoms with Crippen molar-refractivity contribution in [3.05, 3.63) is 109 Å². The highest BCUT2D eigenvalue weighted by Crippen LogP contribution is 2.33. The van der Waals surface area contributed by atoms with Crippen LogP contribution in [0.15, 0.2) is 72.8 Å². The third-order valence-electron chi connectivity index (χ3n) is 5.24. The van der Waals surface area contributed by atoms with Gasteiger partial charge in [-0.3, -0.25) is 0 Å². The van der Waals surface area contributed by atoms with E-state index in [1.807, 2.05) is 24.3 Å². The number of rotatable bonds is 4. The number of hydrogen-bond acceptors (Lipinski definition) is 2. The van der Waals surface area contributed by atoms with E-state index in [9.17, 15) is 10.5 Å². The summed E-state index contributed by atoms with van der Waals surface area (Å²) in [4.78, 5) is 0. The van der Waals surface area contributed by atoms with Gasteiger partial charge in [-0.25, -0.2) is 0 Å². The van der Waals surface area contributed by atoms with E-state index in [1.54, 1.807) is 0 Å². The summed E-state index contributed by atoms with van der Waals surface area (Å²) in [5, 5.41) is 18.4. The molecule has 0 aliphatic heterocycles. The zero-order valence-corrected chi connectivity index (χ0v) is 25.7. The predicted octanol–water partition coefficient (Wildman–Crippen LogP) is 8.77. The third kappa shape index (κ3) is 5.72. The van der Waals surface area contributed by atoms with Crippen molar-refractivity contribution in [3.8, 4) is 34.4 Å². The second kappa shape index (κ2) is 11.0. The van der Waals surface area contributed by atoms with Crippen molar-refractivity contribution >= 4 is 90.4 Å². The van der Waals surface area contributed by atoms with E-state index in [0.29, 0.717) is 11.1 Å². The lowest BCUT2D eigenvalue weighted by atomic mass is 9.98. The highest BCUT2D eigenvalue weighted by atomic mass is 127. The molecule has 0 heterocycles. The fraction of sp³-hybridized carbons (Fsp3) is 0.0370.